The van der Waals surface area contributed by atoms with Crippen molar-refractivity contribution < 1.29 is 14.7 Å². The molecule has 166 valence electrons. The normalized spacial score (nSPS) is 22.7. The lowest BCUT2D eigenvalue weighted by molar-refractivity contribution is -0.123. The van der Waals surface area contributed by atoms with E-state index in [1.54, 1.807) is 6.07 Å². The van der Waals surface area contributed by atoms with Crippen LogP contribution >= 0.6 is 0 Å². The number of carbonyl (C=O) groups is 2. The Morgan fingerprint density at radius 1 is 1.03 bits per heavy atom. The molecule has 0 amide bonds. The fourth-order valence-electron chi connectivity index (χ4n) is 5.65. The molecule has 2 fully saturated rings. The van der Waals surface area contributed by atoms with Gasteiger partial charge < -0.3 is 5.11 Å². The van der Waals surface area contributed by atoms with E-state index in [-0.39, 0.29) is 23.5 Å². The van der Waals surface area contributed by atoms with E-state index in [1.807, 2.05) is 30.3 Å². The molecule has 4 heteroatoms. The van der Waals surface area contributed by atoms with Gasteiger partial charge in [-0.15, -0.1) is 0 Å². The van der Waals surface area contributed by atoms with Crippen LogP contribution in [0.25, 0.3) is 10.8 Å². The molecule has 1 N–H and O–H groups in total. The summed E-state index contributed by atoms with van der Waals surface area (Å²) in [6.07, 6.45) is 9.12. The molecule has 1 saturated carbocycles. The molecule has 4 rings (SSSR count). The number of Topliss-reactive ketones (excluding diaryl/α,β-unsaturated/α-hetero) is 2. The highest BCUT2D eigenvalue weighted by molar-refractivity contribution is 6.04. The van der Waals surface area contributed by atoms with Crippen molar-refractivity contribution in [2.75, 3.05) is 13.1 Å². The quantitative estimate of drug-likeness (QED) is 0.551. The third-order valence-corrected chi connectivity index (χ3v) is 7.25. The standard InChI is InChI=1S/C27H35NO3/c1-2-8-25(29)24-15-20(18-28(24)17-19-9-4-3-5-10-19)16-26(30)23-14-13-21-11-6-7-12-22(21)27(23)31/h6-7,11-14,19-20,24,31H,2-5,8-10,15-18H2,1H3/t20-,24+/m1/s1. The van der Waals surface area contributed by atoms with Crippen LogP contribution in [0, 0.1) is 11.8 Å². The predicted molar refractivity (Wildman–Crippen MR) is 125 cm³/mol. The molecular formula is C27H35NO3. The Kier molecular flexibility index (Phi) is 7.06. The number of rotatable bonds is 8. The van der Waals surface area contributed by atoms with Crippen LogP contribution in [-0.4, -0.2) is 40.7 Å². The molecular weight excluding hydrogens is 386 g/mol. The van der Waals surface area contributed by atoms with Crippen LogP contribution in [0.2, 0.25) is 0 Å². The number of hydrogen-bond acceptors (Lipinski definition) is 4. The molecule has 0 bridgehead atoms. The van der Waals surface area contributed by atoms with Gasteiger partial charge in [-0.3, -0.25) is 14.5 Å². The summed E-state index contributed by atoms with van der Waals surface area (Å²) < 4.78 is 0. The van der Waals surface area contributed by atoms with E-state index in [4.69, 9.17) is 0 Å². The molecule has 0 unspecified atom stereocenters. The fourth-order valence-corrected chi connectivity index (χ4v) is 5.65. The summed E-state index contributed by atoms with van der Waals surface area (Å²) in [6.45, 7) is 3.87. The van der Waals surface area contributed by atoms with Gasteiger partial charge in [0.05, 0.1) is 11.6 Å². The lowest BCUT2D eigenvalue weighted by atomic mass is 9.88. The molecule has 0 spiro atoms. The zero-order valence-corrected chi connectivity index (χ0v) is 18.7. The number of ketones is 2. The van der Waals surface area contributed by atoms with Crippen LogP contribution in [0.3, 0.4) is 0 Å². The van der Waals surface area contributed by atoms with Crippen molar-refractivity contribution in [3.05, 3.63) is 42.0 Å². The third kappa shape index (κ3) is 5.01. The Labute approximate surface area is 185 Å². The number of aromatic hydroxyl groups is 1. The van der Waals surface area contributed by atoms with Gasteiger partial charge in [0.1, 0.15) is 11.5 Å². The van der Waals surface area contributed by atoms with E-state index in [9.17, 15) is 14.7 Å². The van der Waals surface area contributed by atoms with Crippen molar-refractivity contribution in [2.24, 2.45) is 11.8 Å². The van der Waals surface area contributed by atoms with Gasteiger partial charge in [0.2, 0.25) is 0 Å². The number of phenols is 1. The van der Waals surface area contributed by atoms with Gasteiger partial charge in [-0.25, -0.2) is 0 Å². The largest absolute Gasteiger partial charge is 0.507 e. The maximum absolute atomic E-state index is 13.1. The highest BCUT2D eigenvalue weighted by Gasteiger charge is 2.38. The summed E-state index contributed by atoms with van der Waals surface area (Å²) in [6, 6.07) is 11.2. The van der Waals surface area contributed by atoms with E-state index >= 15 is 0 Å². The minimum Gasteiger partial charge on any atom is -0.507 e. The molecule has 0 aromatic heterocycles. The van der Waals surface area contributed by atoms with Crippen molar-refractivity contribution in [3.63, 3.8) is 0 Å². The molecule has 31 heavy (non-hydrogen) atoms. The first-order chi connectivity index (χ1) is 15.1. The van der Waals surface area contributed by atoms with Gasteiger partial charge in [-0.05, 0) is 49.0 Å². The average molecular weight is 422 g/mol. The number of benzene rings is 2. The number of nitrogens with zero attached hydrogens (tertiary/aromatic N) is 1. The van der Waals surface area contributed by atoms with Crippen molar-refractivity contribution in [3.8, 4) is 5.75 Å². The Hall–Kier alpha value is -2.20. The summed E-state index contributed by atoms with van der Waals surface area (Å²) in [5.74, 6) is 1.26. The Morgan fingerprint density at radius 2 is 1.81 bits per heavy atom. The van der Waals surface area contributed by atoms with Gasteiger partial charge >= 0.3 is 0 Å². The van der Waals surface area contributed by atoms with Crippen LogP contribution in [-0.2, 0) is 4.79 Å². The maximum Gasteiger partial charge on any atom is 0.166 e. The van der Waals surface area contributed by atoms with E-state index in [1.165, 1.54) is 32.1 Å². The zero-order chi connectivity index (χ0) is 21.8. The van der Waals surface area contributed by atoms with Gasteiger partial charge in [-0.1, -0.05) is 56.5 Å². The molecule has 0 radical (unpaired) electrons. The van der Waals surface area contributed by atoms with E-state index in [0.717, 1.165) is 36.7 Å². The summed E-state index contributed by atoms with van der Waals surface area (Å²) in [5, 5.41) is 12.3. The fraction of sp³-hybridized carbons (Fsp3) is 0.556. The minimum atomic E-state index is -0.0372. The number of fused-ring (bicyclic) bond motifs is 1. The van der Waals surface area contributed by atoms with Crippen molar-refractivity contribution in [1.82, 2.24) is 4.90 Å². The first-order valence-corrected chi connectivity index (χ1v) is 12.1. The molecule has 2 aromatic carbocycles. The van der Waals surface area contributed by atoms with Crippen LogP contribution in [0.1, 0.15) is 75.1 Å². The van der Waals surface area contributed by atoms with Gasteiger partial charge in [0.15, 0.2) is 5.78 Å². The Balaban J connectivity index is 1.46. The maximum atomic E-state index is 13.1. The SMILES string of the molecule is CCCC(=O)[C@@H]1C[C@H](CC(=O)c2ccc3ccccc3c2O)CN1CC1CCCCC1. The molecule has 1 aliphatic carbocycles. The van der Waals surface area contributed by atoms with Crippen molar-refractivity contribution in [2.45, 2.75) is 70.8 Å². The summed E-state index contributed by atoms with van der Waals surface area (Å²) in [5.41, 5.74) is 0.404. The number of hydrogen-bond donors (Lipinski definition) is 1. The highest BCUT2D eigenvalue weighted by atomic mass is 16.3. The predicted octanol–water partition coefficient (Wildman–Crippen LogP) is 5.76. The van der Waals surface area contributed by atoms with Crippen LogP contribution in [0.15, 0.2) is 36.4 Å². The van der Waals surface area contributed by atoms with E-state index in [2.05, 4.69) is 11.8 Å². The molecule has 1 heterocycles. The second-order valence-electron chi connectivity index (χ2n) is 9.60. The van der Waals surface area contributed by atoms with Crippen LogP contribution < -0.4 is 0 Å². The molecule has 1 aliphatic heterocycles. The van der Waals surface area contributed by atoms with Gasteiger partial charge in [0, 0.05) is 31.3 Å². The van der Waals surface area contributed by atoms with Gasteiger partial charge in [-0.2, -0.15) is 0 Å². The first kappa shape index (κ1) is 22.0. The smallest absolute Gasteiger partial charge is 0.166 e. The van der Waals surface area contributed by atoms with Gasteiger partial charge in [0.25, 0.3) is 0 Å². The first-order valence-electron chi connectivity index (χ1n) is 12.1. The summed E-state index contributed by atoms with van der Waals surface area (Å²) in [4.78, 5) is 28.3. The number of phenolic OH excluding ortho intramolecular Hbond substituents is 1. The lowest BCUT2D eigenvalue weighted by Crippen LogP contribution is -2.39. The minimum absolute atomic E-state index is 0.0190. The lowest BCUT2D eigenvalue weighted by Gasteiger charge is -2.30. The van der Waals surface area contributed by atoms with E-state index < -0.39 is 0 Å². The van der Waals surface area contributed by atoms with Crippen LogP contribution in [0.5, 0.6) is 5.75 Å². The second-order valence-corrected chi connectivity index (χ2v) is 9.60. The topological polar surface area (TPSA) is 57.6 Å². The molecule has 2 atom stereocenters. The molecule has 1 saturated heterocycles. The molecule has 2 aliphatic rings. The number of likely N-dealkylation sites (tertiary alicyclic amines) is 1. The zero-order valence-electron chi connectivity index (χ0n) is 18.7. The Bertz CT molecular complexity index is 931. The average Bonchev–Trinajstić information content (AvgIpc) is 3.17. The third-order valence-electron chi connectivity index (χ3n) is 7.25. The monoisotopic (exact) mass is 421 g/mol. The van der Waals surface area contributed by atoms with Crippen LogP contribution in [0.4, 0.5) is 0 Å². The summed E-state index contributed by atoms with van der Waals surface area (Å²) in [7, 11) is 0. The van der Waals surface area contributed by atoms with E-state index in [0.29, 0.717) is 30.1 Å². The highest BCUT2D eigenvalue weighted by Crippen LogP contribution is 2.34. The second kappa shape index (κ2) is 9.95. The number of carbonyl (C=O) groups excluding carboxylic acids is 2. The molecule has 2 aromatic rings. The molecule has 4 nitrogen and oxygen atoms in total. The van der Waals surface area contributed by atoms with Crippen molar-refractivity contribution in [1.29, 1.82) is 0 Å². The summed E-state index contributed by atoms with van der Waals surface area (Å²) >= 11 is 0. The Morgan fingerprint density at radius 3 is 2.58 bits per heavy atom. The van der Waals surface area contributed by atoms with Crippen molar-refractivity contribution >= 4 is 22.3 Å².